The third kappa shape index (κ3) is 6.56. The number of amidine groups is 1. The molecule has 0 saturated carbocycles. The summed E-state index contributed by atoms with van der Waals surface area (Å²) in [7, 11) is 0. The predicted octanol–water partition coefficient (Wildman–Crippen LogP) is 2.00. The molecule has 1 atom stereocenters. The minimum atomic E-state index is -5.19. The lowest BCUT2D eigenvalue weighted by Crippen LogP contribution is -2.89. The first kappa shape index (κ1) is 22.4. The lowest BCUT2D eigenvalue weighted by atomic mass is 9.90. The van der Waals surface area contributed by atoms with Crippen LogP contribution in [-0.2, 0) is 4.79 Å². The lowest BCUT2D eigenvalue weighted by Gasteiger charge is -2.20. The van der Waals surface area contributed by atoms with Crippen LogP contribution in [0.4, 0.5) is 17.6 Å². The zero-order valence-corrected chi connectivity index (χ0v) is 15.7. The van der Waals surface area contributed by atoms with Crippen molar-refractivity contribution < 1.29 is 37.5 Å². The molecule has 1 heterocycles. The van der Waals surface area contributed by atoms with Crippen LogP contribution in [0.2, 0.25) is 0 Å². The molecule has 0 aliphatic carbocycles. The molecule has 0 radical (unpaired) electrons. The van der Waals surface area contributed by atoms with E-state index in [0.717, 1.165) is 5.84 Å². The van der Waals surface area contributed by atoms with Crippen LogP contribution in [-0.4, -0.2) is 30.1 Å². The van der Waals surface area contributed by atoms with E-state index in [4.69, 9.17) is 19.6 Å². The highest BCUT2D eigenvalue weighted by Gasteiger charge is 2.41. The number of carbonyl (C=O) groups is 1. The first-order valence-corrected chi connectivity index (χ1v) is 8.64. The first-order valence-electron chi connectivity index (χ1n) is 8.64. The molecule has 0 bridgehead atoms. The van der Waals surface area contributed by atoms with Crippen molar-refractivity contribution in [2.75, 3.05) is 6.61 Å². The molecule has 0 spiro atoms. The first-order chi connectivity index (χ1) is 13.5. The van der Waals surface area contributed by atoms with Crippen LogP contribution in [0.15, 0.2) is 59.6 Å². The van der Waals surface area contributed by atoms with Gasteiger partial charge in [0.2, 0.25) is 5.84 Å². The van der Waals surface area contributed by atoms with Gasteiger partial charge in [-0.1, -0.05) is 36.4 Å². The molecule has 0 aromatic heterocycles. The molecule has 9 heteroatoms. The maximum Gasteiger partial charge on any atom is 0.430 e. The number of aliphatic carboxylic acids is 1. The Labute approximate surface area is 165 Å². The molecule has 29 heavy (non-hydrogen) atoms. The van der Waals surface area contributed by atoms with Crippen molar-refractivity contribution in [2.45, 2.75) is 31.6 Å². The van der Waals surface area contributed by atoms with E-state index >= 15 is 0 Å². The number of rotatable bonds is 4. The van der Waals surface area contributed by atoms with E-state index in [2.05, 4.69) is 31.3 Å². The van der Waals surface area contributed by atoms with Gasteiger partial charge in [-0.05, 0) is 26.0 Å². The molecule has 3 rings (SSSR count). The third-order valence-electron chi connectivity index (χ3n) is 4.12. The summed E-state index contributed by atoms with van der Waals surface area (Å²) >= 11 is 0. The van der Waals surface area contributed by atoms with Crippen molar-refractivity contribution in [1.29, 1.82) is 0 Å². The molecular formula is C20H20F4N2O3. The van der Waals surface area contributed by atoms with E-state index in [0.29, 0.717) is 12.4 Å². The lowest BCUT2D eigenvalue weighted by molar-refractivity contribution is -0.587. The predicted molar refractivity (Wildman–Crippen MR) is 95.6 cm³/mol. The Balaban J connectivity index is 0.000000370. The van der Waals surface area contributed by atoms with E-state index < -0.39 is 12.1 Å². The summed E-state index contributed by atoms with van der Waals surface area (Å²) < 4.78 is 50.4. The van der Waals surface area contributed by atoms with Crippen molar-refractivity contribution in [3.05, 3.63) is 66.0 Å². The normalized spacial score (nSPS) is 17.7. The van der Waals surface area contributed by atoms with Crippen LogP contribution < -0.4 is 15.2 Å². The summed E-state index contributed by atoms with van der Waals surface area (Å²) in [5.41, 5.74) is 1.05. The van der Waals surface area contributed by atoms with E-state index in [-0.39, 0.29) is 17.4 Å². The highest BCUT2D eigenvalue weighted by Crippen LogP contribution is 2.28. The smallest absolute Gasteiger partial charge is 0.430 e. The van der Waals surface area contributed by atoms with Gasteiger partial charge >= 0.3 is 6.18 Å². The number of halogens is 4. The third-order valence-corrected chi connectivity index (χ3v) is 4.12. The van der Waals surface area contributed by atoms with Gasteiger partial charge in [-0.15, -0.1) is 0 Å². The van der Waals surface area contributed by atoms with E-state index in [1.807, 2.05) is 18.2 Å². The molecule has 0 saturated heterocycles. The number of aliphatic imine (C=N–C) groups is 1. The number of ether oxygens (including phenoxy) is 1. The highest BCUT2D eigenvalue weighted by atomic mass is 19.4. The van der Waals surface area contributed by atoms with Crippen molar-refractivity contribution in [3.63, 3.8) is 0 Å². The Morgan fingerprint density at radius 3 is 2.34 bits per heavy atom. The molecule has 0 fully saturated rings. The zero-order valence-electron chi connectivity index (χ0n) is 15.7. The summed E-state index contributed by atoms with van der Waals surface area (Å²) in [6, 6.07) is 16.8. The number of carboxylic acids is 1. The van der Waals surface area contributed by atoms with Crippen molar-refractivity contribution in [1.82, 2.24) is 0 Å². The van der Waals surface area contributed by atoms with Gasteiger partial charge in [-0.2, -0.15) is 13.2 Å². The molecule has 2 N–H and O–H groups in total. The standard InChI is InChI=1S/C18H19FN2O.C2HF3O2/c1-18(2)17(13-7-4-3-5-8-13)20-16(21-18)12-22-15-10-6-9-14(19)11-15;3-2(4,5)1(6)7/h3-11,17H,12H2,1-2H3,(H,20,21);(H,6,7). The Hall–Kier alpha value is -2.94. The Bertz CT molecular complexity index is 868. The number of benzene rings is 2. The van der Waals surface area contributed by atoms with Crippen LogP contribution in [0.1, 0.15) is 25.5 Å². The number of nitrogens with two attached hydrogens (primary N) is 1. The van der Waals surface area contributed by atoms with Gasteiger partial charge < -0.3 is 14.6 Å². The summed E-state index contributed by atoms with van der Waals surface area (Å²) in [4.78, 5) is 13.5. The summed E-state index contributed by atoms with van der Waals surface area (Å²) in [5.74, 6) is -1.87. The van der Waals surface area contributed by atoms with Crippen molar-refractivity contribution in [2.24, 2.45) is 4.99 Å². The van der Waals surface area contributed by atoms with Gasteiger partial charge in [0.15, 0.2) is 6.61 Å². The second kappa shape index (κ2) is 9.04. The van der Waals surface area contributed by atoms with Gasteiger partial charge in [0.1, 0.15) is 29.1 Å². The van der Waals surface area contributed by atoms with Gasteiger partial charge in [-0.3, -0.25) is 5.32 Å². The SMILES string of the molecule is CC1(C)N=C(COc2cccc(F)c2)[NH2+]C1c1ccccc1.O=C([O-])C(F)(F)F. The van der Waals surface area contributed by atoms with E-state index in [1.165, 1.54) is 17.7 Å². The monoisotopic (exact) mass is 412 g/mol. The number of quaternary nitrogens is 1. The van der Waals surface area contributed by atoms with E-state index in [9.17, 15) is 17.6 Å². The Morgan fingerprint density at radius 1 is 1.17 bits per heavy atom. The zero-order chi connectivity index (χ0) is 21.7. The molecule has 1 aliphatic rings. The molecule has 1 aliphatic heterocycles. The average molecular weight is 412 g/mol. The fraction of sp³-hybridized carbons (Fsp3) is 0.300. The molecular weight excluding hydrogens is 392 g/mol. The molecule has 5 nitrogen and oxygen atoms in total. The molecule has 2 aromatic carbocycles. The fourth-order valence-electron chi connectivity index (χ4n) is 2.83. The second-order valence-electron chi connectivity index (χ2n) is 6.84. The van der Waals surface area contributed by atoms with Crippen molar-refractivity contribution >= 4 is 11.8 Å². The number of alkyl halides is 3. The van der Waals surface area contributed by atoms with Crippen LogP contribution in [0.3, 0.4) is 0 Å². The molecule has 1 unspecified atom stereocenters. The van der Waals surface area contributed by atoms with Crippen LogP contribution in [0.5, 0.6) is 5.75 Å². The molecule has 2 aromatic rings. The van der Waals surface area contributed by atoms with Gasteiger partial charge in [0.05, 0.1) is 0 Å². The minimum Gasteiger partial charge on any atom is -0.542 e. The Morgan fingerprint density at radius 2 is 1.79 bits per heavy atom. The van der Waals surface area contributed by atoms with Crippen molar-refractivity contribution in [3.8, 4) is 5.75 Å². The minimum absolute atomic E-state index is 0.192. The molecule has 156 valence electrons. The summed E-state index contributed by atoms with van der Waals surface area (Å²) in [6.07, 6.45) is -5.19. The number of hydrogen-bond acceptors (Lipinski definition) is 4. The maximum atomic E-state index is 13.2. The average Bonchev–Trinajstić information content (AvgIpc) is 2.95. The number of carbonyl (C=O) groups excluding carboxylic acids is 1. The maximum absolute atomic E-state index is 13.2. The second-order valence-corrected chi connectivity index (χ2v) is 6.84. The largest absolute Gasteiger partial charge is 0.542 e. The van der Waals surface area contributed by atoms with Crippen LogP contribution >= 0.6 is 0 Å². The van der Waals surface area contributed by atoms with Gasteiger partial charge in [-0.25, -0.2) is 9.38 Å². The Kier molecular flexibility index (Phi) is 6.97. The topological polar surface area (TPSA) is 78.3 Å². The number of nitrogens with zero attached hydrogens (tertiary/aromatic N) is 1. The fourth-order valence-corrected chi connectivity index (χ4v) is 2.83. The van der Waals surface area contributed by atoms with E-state index in [1.54, 1.807) is 12.1 Å². The summed E-state index contributed by atoms with van der Waals surface area (Å²) in [5, 5.41) is 10.9. The highest BCUT2D eigenvalue weighted by molar-refractivity contribution is 5.76. The molecule has 0 amide bonds. The van der Waals surface area contributed by atoms with Crippen LogP contribution in [0, 0.1) is 5.82 Å². The number of carboxylic acid groups (broad SMARTS) is 1. The van der Waals surface area contributed by atoms with Crippen LogP contribution in [0.25, 0.3) is 0 Å². The van der Waals surface area contributed by atoms with Gasteiger partial charge in [0.25, 0.3) is 0 Å². The van der Waals surface area contributed by atoms with Gasteiger partial charge in [0, 0.05) is 11.6 Å². The number of hydrogen-bond donors (Lipinski definition) is 1. The quantitative estimate of drug-likeness (QED) is 0.781. The summed E-state index contributed by atoms with van der Waals surface area (Å²) in [6.45, 7) is 4.60.